The molecule has 152 valence electrons. The van der Waals surface area contributed by atoms with Crippen molar-refractivity contribution in [2.24, 2.45) is 0 Å². The van der Waals surface area contributed by atoms with E-state index in [1.807, 2.05) is 40.1 Å². The number of nitro groups is 1. The average molecular weight is 397 g/mol. The zero-order valence-corrected chi connectivity index (χ0v) is 16.1. The van der Waals surface area contributed by atoms with Crippen LogP contribution in [0.2, 0.25) is 0 Å². The number of hydrogen-bond donors (Lipinski definition) is 0. The van der Waals surface area contributed by atoms with E-state index in [9.17, 15) is 14.9 Å². The van der Waals surface area contributed by atoms with Gasteiger partial charge in [-0.25, -0.2) is 9.78 Å². The molecule has 2 aromatic rings. The maximum atomic E-state index is 12.6. The quantitative estimate of drug-likeness (QED) is 0.583. The molecule has 2 amide bonds. The Kier molecular flexibility index (Phi) is 5.57. The lowest BCUT2D eigenvalue weighted by molar-refractivity contribution is -0.384. The summed E-state index contributed by atoms with van der Waals surface area (Å²) < 4.78 is 5.31. The molecule has 2 aliphatic rings. The van der Waals surface area contributed by atoms with E-state index in [1.54, 1.807) is 6.07 Å². The highest BCUT2D eigenvalue weighted by atomic mass is 16.6. The predicted octanol–water partition coefficient (Wildman–Crippen LogP) is 2.23. The number of rotatable bonds is 3. The normalized spacial score (nSPS) is 17.3. The first-order valence-corrected chi connectivity index (χ1v) is 9.71. The minimum Gasteiger partial charge on any atom is -0.378 e. The van der Waals surface area contributed by atoms with E-state index in [0.717, 1.165) is 0 Å². The SMILES string of the molecule is O=C(N1CCOCC1)N1CCN(c2ccc([N+](=O)[O-])c(-c3ccccc3)n2)CC1. The third-order valence-corrected chi connectivity index (χ3v) is 5.26. The van der Waals surface area contributed by atoms with Crippen LogP contribution in [0.25, 0.3) is 11.3 Å². The van der Waals surface area contributed by atoms with E-state index in [0.29, 0.717) is 69.6 Å². The summed E-state index contributed by atoms with van der Waals surface area (Å²) >= 11 is 0. The van der Waals surface area contributed by atoms with Crippen molar-refractivity contribution in [1.29, 1.82) is 0 Å². The van der Waals surface area contributed by atoms with Gasteiger partial charge in [0, 0.05) is 50.9 Å². The molecule has 2 fully saturated rings. The number of benzene rings is 1. The Bertz CT molecular complexity index is 878. The number of morpholine rings is 1. The molecule has 2 aliphatic heterocycles. The molecule has 0 N–H and O–H groups in total. The Morgan fingerprint density at radius 1 is 0.931 bits per heavy atom. The van der Waals surface area contributed by atoms with Gasteiger partial charge in [-0.05, 0) is 6.07 Å². The van der Waals surface area contributed by atoms with Crippen LogP contribution in [0.3, 0.4) is 0 Å². The second-order valence-electron chi connectivity index (χ2n) is 7.02. The Balaban J connectivity index is 1.48. The van der Waals surface area contributed by atoms with E-state index < -0.39 is 4.92 Å². The Morgan fingerprint density at radius 2 is 1.59 bits per heavy atom. The van der Waals surface area contributed by atoms with Crippen LogP contribution in [0.1, 0.15) is 0 Å². The van der Waals surface area contributed by atoms with Crippen molar-refractivity contribution in [1.82, 2.24) is 14.8 Å². The smallest absolute Gasteiger partial charge is 0.320 e. The zero-order chi connectivity index (χ0) is 20.2. The van der Waals surface area contributed by atoms with Crippen LogP contribution in [0.5, 0.6) is 0 Å². The molecule has 0 bridgehead atoms. The Labute approximate surface area is 168 Å². The Morgan fingerprint density at radius 3 is 2.24 bits per heavy atom. The number of pyridine rings is 1. The van der Waals surface area contributed by atoms with E-state index in [4.69, 9.17) is 4.74 Å². The molecule has 9 nitrogen and oxygen atoms in total. The second kappa shape index (κ2) is 8.44. The van der Waals surface area contributed by atoms with Crippen molar-refractivity contribution in [2.45, 2.75) is 0 Å². The summed E-state index contributed by atoms with van der Waals surface area (Å²) in [4.78, 5) is 34.0. The molecular weight excluding hydrogens is 374 g/mol. The predicted molar refractivity (Wildman–Crippen MR) is 108 cm³/mol. The van der Waals surface area contributed by atoms with Crippen molar-refractivity contribution in [3.63, 3.8) is 0 Å². The third-order valence-electron chi connectivity index (χ3n) is 5.26. The first-order chi connectivity index (χ1) is 14.1. The molecule has 2 saturated heterocycles. The van der Waals surface area contributed by atoms with Crippen molar-refractivity contribution < 1.29 is 14.5 Å². The van der Waals surface area contributed by atoms with Crippen LogP contribution in [0.15, 0.2) is 42.5 Å². The highest BCUT2D eigenvalue weighted by Crippen LogP contribution is 2.30. The lowest BCUT2D eigenvalue weighted by Gasteiger charge is -2.39. The number of hydrogen-bond acceptors (Lipinski definition) is 6. The fourth-order valence-corrected chi connectivity index (χ4v) is 3.65. The highest BCUT2D eigenvalue weighted by Gasteiger charge is 2.27. The largest absolute Gasteiger partial charge is 0.378 e. The van der Waals surface area contributed by atoms with Gasteiger partial charge in [-0.1, -0.05) is 30.3 Å². The fourth-order valence-electron chi connectivity index (χ4n) is 3.65. The molecule has 9 heteroatoms. The third kappa shape index (κ3) is 4.14. The first kappa shape index (κ1) is 19.1. The first-order valence-electron chi connectivity index (χ1n) is 9.71. The molecule has 0 atom stereocenters. The number of aromatic nitrogens is 1. The van der Waals surface area contributed by atoms with Crippen LogP contribution in [0, 0.1) is 10.1 Å². The van der Waals surface area contributed by atoms with Crippen LogP contribution < -0.4 is 4.90 Å². The molecular formula is C20H23N5O4. The number of piperazine rings is 1. The maximum absolute atomic E-state index is 12.6. The maximum Gasteiger partial charge on any atom is 0.320 e. The monoisotopic (exact) mass is 397 g/mol. The second-order valence-corrected chi connectivity index (χ2v) is 7.02. The average Bonchev–Trinajstić information content (AvgIpc) is 2.79. The number of nitrogens with zero attached hydrogens (tertiary/aromatic N) is 5. The van der Waals surface area contributed by atoms with Gasteiger partial charge in [0.1, 0.15) is 5.82 Å². The van der Waals surface area contributed by atoms with Gasteiger partial charge < -0.3 is 19.4 Å². The highest BCUT2D eigenvalue weighted by molar-refractivity contribution is 5.75. The fraction of sp³-hybridized carbons (Fsp3) is 0.400. The van der Waals surface area contributed by atoms with Crippen LogP contribution in [-0.4, -0.2) is 78.2 Å². The summed E-state index contributed by atoms with van der Waals surface area (Å²) in [6.45, 7) is 4.88. The van der Waals surface area contributed by atoms with E-state index in [-0.39, 0.29) is 11.7 Å². The number of carbonyl (C=O) groups is 1. The summed E-state index contributed by atoms with van der Waals surface area (Å²) in [5, 5.41) is 11.4. The molecule has 29 heavy (non-hydrogen) atoms. The molecule has 1 aromatic heterocycles. The summed E-state index contributed by atoms with van der Waals surface area (Å²) in [7, 11) is 0. The summed E-state index contributed by atoms with van der Waals surface area (Å²) in [6, 6.07) is 12.4. The molecule has 0 radical (unpaired) electrons. The van der Waals surface area contributed by atoms with Crippen LogP contribution >= 0.6 is 0 Å². The van der Waals surface area contributed by atoms with E-state index >= 15 is 0 Å². The van der Waals surface area contributed by atoms with Gasteiger partial charge in [0.25, 0.3) is 5.69 Å². The molecule has 4 rings (SSSR count). The number of urea groups is 1. The van der Waals surface area contributed by atoms with Gasteiger partial charge in [0.05, 0.1) is 18.1 Å². The number of anilines is 1. The lowest BCUT2D eigenvalue weighted by atomic mass is 10.1. The van der Waals surface area contributed by atoms with Gasteiger partial charge in [-0.3, -0.25) is 10.1 Å². The molecule has 0 saturated carbocycles. The molecule has 1 aromatic carbocycles. The standard InChI is InChI=1S/C20H23N5O4/c26-20(24-12-14-29-15-13-24)23-10-8-22(9-11-23)18-7-6-17(25(27)28)19(21-18)16-4-2-1-3-5-16/h1-7H,8-15H2. The van der Waals surface area contributed by atoms with E-state index in [1.165, 1.54) is 6.07 Å². The summed E-state index contributed by atoms with van der Waals surface area (Å²) in [5.74, 6) is 0.688. The van der Waals surface area contributed by atoms with Crippen LogP contribution in [-0.2, 0) is 4.74 Å². The van der Waals surface area contributed by atoms with E-state index in [2.05, 4.69) is 9.88 Å². The lowest BCUT2D eigenvalue weighted by Crippen LogP contribution is -2.55. The van der Waals surface area contributed by atoms with Gasteiger partial charge in [-0.2, -0.15) is 0 Å². The molecule has 0 aliphatic carbocycles. The van der Waals surface area contributed by atoms with Crippen molar-refractivity contribution in [3.8, 4) is 11.3 Å². The topological polar surface area (TPSA) is 92.0 Å². The van der Waals surface area contributed by atoms with Gasteiger partial charge in [0.15, 0.2) is 5.69 Å². The number of amides is 2. The van der Waals surface area contributed by atoms with Gasteiger partial charge in [-0.15, -0.1) is 0 Å². The van der Waals surface area contributed by atoms with Crippen LogP contribution in [0.4, 0.5) is 16.3 Å². The van der Waals surface area contributed by atoms with Gasteiger partial charge in [0.2, 0.25) is 0 Å². The summed E-state index contributed by atoms with van der Waals surface area (Å²) in [6.07, 6.45) is 0. The minimum absolute atomic E-state index is 0.0129. The Hall–Kier alpha value is -3.20. The number of carbonyl (C=O) groups excluding carboxylic acids is 1. The van der Waals surface area contributed by atoms with Gasteiger partial charge >= 0.3 is 6.03 Å². The van der Waals surface area contributed by atoms with Crippen molar-refractivity contribution in [2.75, 3.05) is 57.4 Å². The molecule has 3 heterocycles. The van der Waals surface area contributed by atoms with Crippen molar-refractivity contribution in [3.05, 3.63) is 52.6 Å². The van der Waals surface area contributed by atoms with Crippen molar-refractivity contribution >= 4 is 17.5 Å². The zero-order valence-electron chi connectivity index (χ0n) is 16.1. The molecule has 0 unspecified atom stereocenters. The minimum atomic E-state index is -0.405. The molecule has 0 spiro atoms. The number of ether oxygens (including phenoxy) is 1. The summed E-state index contributed by atoms with van der Waals surface area (Å²) in [5.41, 5.74) is 1.06.